The van der Waals surface area contributed by atoms with Crippen LogP contribution in [-0.4, -0.2) is 33.4 Å². The van der Waals surface area contributed by atoms with E-state index in [1.54, 1.807) is 20.9 Å². The molecule has 0 radical (unpaired) electrons. The summed E-state index contributed by atoms with van der Waals surface area (Å²) >= 11 is 0. The number of aromatic amines is 1. The van der Waals surface area contributed by atoms with Crippen molar-refractivity contribution < 1.29 is 8.42 Å². The number of aromatic nitrogens is 5. The molecule has 0 spiro atoms. The fourth-order valence-electron chi connectivity index (χ4n) is 1.63. The highest BCUT2D eigenvalue weighted by Gasteiger charge is 2.22. The molecule has 2 rings (SSSR count). The smallest absolute Gasteiger partial charge is 0.244 e. The first-order chi connectivity index (χ1) is 8.40. The van der Waals surface area contributed by atoms with E-state index in [0.29, 0.717) is 17.2 Å². The number of H-pyrrole nitrogens is 1. The lowest BCUT2D eigenvalue weighted by Crippen LogP contribution is -2.24. The summed E-state index contributed by atoms with van der Waals surface area (Å²) in [6.07, 6.45) is 1.51. The van der Waals surface area contributed by atoms with Crippen molar-refractivity contribution in [3.63, 3.8) is 0 Å². The molecule has 0 aromatic carbocycles. The van der Waals surface area contributed by atoms with Crippen LogP contribution in [0.3, 0.4) is 0 Å². The molecular weight excluding hydrogens is 256 g/mol. The number of nitrogens with one attached hydrogen (secondary N) is 2. The van der Waals surface area contributed by atoms with E-state index in [2.05, 4.69) is 25.0 Å². The Balaban J connectivity index is 2.18. The molecule has 0 aliphatic heterocycles. The number of hydrogen-bond donors (Lipinski definition) is 2. The topological polar surface area (TPSA) is 106 Å². The van der Waals surface area contributed by atoms with Gasteiger partial charge in [-0.1, -0.05) is 0 Å². The summed E-state index contributed by atoms with van der Waals surface area (Å²) in [6, 6.07) is 0. The molecule has 0 aliphatic rings. The Morgan fingerprint density at radius 2 is 2.17 bits per heavy atom. The molecule has 0 bridgehead atoms. The highest BCUT2D eigenvalue weighted by Crippen LogP contribution is 2.16. The van der Waals surface area contributed by atoms with Crippen LogP contribution in [-0.2, 0) is 23.6 Å². The lowest BCUT2D eigenvalue weighted by molar-refractivity contribution is 0.577. The Bertz CT molecular complexity index is 637. The molecule has 98 valence electrons. The van der Waals surface area contributed by atoms with Crippen LogP contribution in [0.1, 0.15) is 17.2 Å². The Morgan fingerprint density at radius 3 is 2.67 bits per heavy atom. The Labute approximate surface area is 104 Å². The first-order valence-corrected chi connectivity index (χ1v) is 6.74. The zero-order chi connectivity index (χ0) is 13.3. The van der Waals surface area contributed by atoms with Gasteiger partial charge in [0, 0.05) is 7.05 Å². The maximum atomic E-state index is 12.1. The molecule has 0 saturated heterocycles. The van der Waals surface area contributed by atoms with Crippen molar-refractivity contribution in [1.82, 2.24) is 29.7 Å². The largest absolute Gasteiger partial charge is 0.281 e. The monoisotopic (exact) mass is 270 g/mol. The lowest BCUT2D eigenvalue weighted by atomic mass is 10.4. The lowest BCUT2D eigenvalue weighted by Gasteiger charge is -2.04. The number of aryl methyl sites for hydroxylation is 3. The van der Waals surface area contributed by atoms with Gasteiger partial charge in [0.1, 0.15) is 11.2 Å². The van der Waals surface area contributed by atoms with Crippen LogP contribution in [0.25, 0.3) is 0 Å². The zero-order valence-corrected chi connectivity index (χ0v) is 11.1. The predicted octanol–water partition coefficient (Wildman–Crippen LogP) is -0.366. The van der Waals surface area contributed by atoms with Gasteiger partial charge in [-0.3, -0.25) is 9.78 Å². The molecule has 2 aromatic heterocycles. The summed E-state index contributed by atoms with van der Waals surface area (Å²) in [7, 11) is -1.88. The highest BCUT2D eigenvalue weighted by atomic mass is 32.2. The van der Waals surface area contributed by atoms with Gasteiger partial charge in [0.15, 0.2) is 5.82 Å². The molecule has 0 fully saturated rings. The molecule has 2 aromatic rings. The summed E-state index contributed by atoms with van der Waals surface area (Å²) in [5.41, 5.74) is 0.947. The predicted molar refractivity (Wildman–Crippen MR) is 63.1 cm³/mol. The van der Waals surface area contributed by atoms with Gasteiger partial charge in [-0.15, -0.1) is 0 Å². The quantitative estimate of drug-likeness (QED) is 0.788. The van der Waals surface area contributed by atoms with Gasteiger partial charge in [0.2, 0.25) is 10.0 Å². The molecule has 0 amide bonds. The van der Waals surface area contributed by atoms with Crippen molar-refractivity contribution >= 4 is 10.0 Å². The fourth-order valence-corrected chi connectivity index (χ4v) is 2.98. The average molecular weight is 270 g/mol. The van der Waals surface area contributed by atoms with E-state index < -0.39 is 10.0 Å². The van der Waals surface area contributed by atoms with E-state index in [1.807, 2.05) is 0 Å². The molecule has 0 unspecified atom stereocenters. The highest BCUT2D eigenvalue weighted by molar-refractivity contribution is 7.89. The summed E-state index contributed by atoms with van der Waals surface area (Å²) in [5, 5.41) is 10.5. The van der Waals surface area contributed by atoms with Crippen molar-refractivity contribution in [2.24, 2.45) is 7.05 Å². The van der Waals surface area contributed by atoms with E-state index in [4.69, 9.17) is 0 Å². The standard InChI is InChI=1S/C9H14N6O2S/c1-6-9(7(2)13-12-6)18(16,17)11-4-8-10-5-15(3)14-8/h5,11H,4H2,1-3H3,(H,12,13). The van der Waals surface area contributed by atoms with Gasteiger partial charge in [0.25, 0.3) is 0 Å². The number of nitrogens with zero attached hydrogens (tertiary/aromatic N) is 4. The summed E-state index contributed by atoms with van der Waals surface area (Å²) in [6.45, 7) is 3.35. The van der Waals surface area contributed by atoms with E-state index in [1.165, 1.54) is 11.0 Å². The molecule has 9 heteroatoms. The van der Waals surface area contributed by atoms with Crippen LogP contribution in [0.15, 0.2) is 11.2 Å². The maximum Gasteiger partial charge on any atom is 0.244 e. The third kappa shape index (κ3) is 2.41. The van der Waals surface area contributed by atoms with Gasteiger partial charge >= 0.3 is 0 Å². The third-order valence-electron chi connectivity index (χ3n) is 2.40. The van der Waals surface area contributed by atoms with Crippen molar-refractivity contribution in [3.8, 4) is 0 Å². The normalized spacial score (nSPS) is 11.9. The molecule has 0 saturated carbocycles. The first-order valence-electron chi connectivity index (χ1n) is 5.26. The summed E-state index contributed by atoms with van der Waals surface area (Å²) in [4.78, 5) is 4.13. The molecule has 0 atom stereocenters. The second kappa shape index (κ2) is 4.50. The van der Waals surface area contributed by atoms with E-state index >= 15 is 0 Å². The van der Waals surface area contributed by atoms with Crippen LogP contribution < -0.4 is 4.72 Å². The third-order valence-corrected chi connectivity index (χ3v) is 4.06. The van der Waals surface area contributed by atoms with Crippen molar-refractivity contribution in [2.75, 3.05) is 0 Å². The van der Waals surface area contributed by atoms with Crippen LogP contribution in [0.2, 0.25) is 0 Å². The van der Waals surface area contributed by atoms with Gasteiger partial charge in [0.05, 0.1) is 17.9 Å². The molecule has 2 N–H and O–H groups in total. The molecule has 18 heavy (non-hydrogen) atoms. The van der Waals surface area contributed by atoms with Gasteiger partial charge < -0.3 is 0 Å². The molecular formula is C9H14N6O2S. The Morgan fingerprint density at radius 1 is 1.44 bits per heavy atom. The Kier molecular flexibility index (Phi) is 3.18. The van der Waals surface area contributed by atoms with Crippen LogP contribution >= 0.6 is 0 Å². The van der Waals surface area contributed by atoms with Gasteiger partial charge in [-0.05, 0) is 13.8 Å². The van der Waals surface area contributed by atoms with Crippen molar-refractivity contribution in [1.29, 1.82) is 0 Å². The van der Waals surface area contributed by atoms with Gasteiger partial charge in [-0.25, -0.2) is 18.1 Å². The van der Waals surface area contributed by atoms with Gasteiger partial charge in [-0.2, -0.15) is 10.2 Å². The maximum absolute atomic E-state index is 12.1. The van der Waals surface area contributed by atoms with Crippen molar-refractivity contribution in [3.05, 3.63) is 23.5 Å². The SMILES string of the molecule is Cc1n[nH]c(C)c1S(=O)(=O)NCc1ncn(C)n1. The van der Waals surface area contributed by atoms with E-state index in [9.17, 15) is 8.42 Å². The second-order valence-corrected chi connectivity index (χ2v) is 5.63. The molecule has 8 nitrogen and oxygen atoms in total. The number of rotatable bonds is 4. The van der Waals surface area contributed by atoms with E-state index in [-0.39, 0.29) is 11.4 Å². The summed E-state index contributed by atoms with van der Waals surface area (Å²) in [5.74, 6) is 0.417. The minimum absolute atomic E-state index is 0.0488. The average Bonchev–Trinajstić information content (AvgIpc) is 2.83. The minimum atomic E-state index is -3.60. The molecule has 2 heterocycles. The number of sulfonamides is 1. The van der Waals surface area contributed by atoms with Crippen LogP contribution in [0, 0.1) is 13.8 Å². The van der Waals surface area contributed by atoms with Crippen molar-refractivity contribution in [2.45, 2.75) is 25.3 Å². The first kappa shape index (κ1) is 12.7. The minimum Gasteiger partial charge on any atom is -0.281 e. The molecule has 0 aliphatic carbocycles. The zero-order valence-electron chi connectivity index (χ0n) is 10.3. The second-order valence-electron chi connectivity index (χ2n) is 3.92. The van der Waals surface area contributed by atoms with Crippen LogP contribution in [0.4, 0.5) is 0 Å². The fraction of sp³-hybridized carbons (Fsp3) is 0.444. The number of hydrogen-bond acceptors (Lipinski definition) is 5. The summed E-state index contributed by atoms with van der Waals surface area (Å²) < 4.78 is 28.1. The van der Waals surface area contributed by atoms with Crippen LogP contribution in [0.5, 0.6) is 0 Å². The van der Waals surface area contributed by atoms with E-state index in [0.717, 1.165) is 0 Å². The Hall–Kier alpha value is -1.74.